The first-order valence-electron chi connectivity index (χ1n) is 5.11. The van der Waals surface area contributed by atoms with Crippen LogP contribution in [0.25, 0.3) is 11.2 Å². The molecule has 0 spiro atoms. The van der Waals surface area contributed by atoms with Crippen molar-refractivity contribution in [3.63, 3.8) is 0 Å². The first kappa shape index (κ1) is 9.92. The number of hydrogen-bond acceptors (Lipinski definition) is 4. The van der Waals surface area contributed by atoms with Crippen LogP contribution in [0.4, 0.5) is 5.82 Å². The van der Waals surface area contributed by atoms with Crippen molar-refractivity contribution in [1.29, 1.82) is 0 Å². The number of fused-ring (bicyclic) bond motifs is 1. The zero-order chi connectivity index (χ0) is 10.7. The molecule has 0 unspecified atom stereocenters. The molecule has 0 amide bonds. The minimum atomic E-state index is 0.502. The molecular weight excluding hydrogens is 190 g/mol. The topological polar surface area (TPSA) is 93.6 Å². The molecular formula is C10H15N5. The molecule has 5 nitrogen and oxygen atoms in total. The molecule has 0 fully saturated rings. The summed E-state index contributed by atoms with van der Waals surface area (Å²) in [5.41, 5.74) is 12.6. The Morgan fingerprint density at radius 3 is 2.87 bits per heavy atom. The van der Waals surface area contributed by atoms with Crippen molar-refractivity contribution < 1.29 is 0 Å². The predicted octanol–water partition coefficient (Wildman–Crippen LogP) is 0.822. The molecule has 0 radical (unpaired) electrons. The molecule has 0 aliphatic carbocycles. The molecule has 2 aromatic rings. The highest BCUT2D eigenvalue weighted by molar-refractivity contribution is 5.72. The van der Waals surface area contributed by atoms with E-state index in [1.54, 1.807) is 6.07 Å². The van der Waals surface area contributed by atoms with Gasteiger partial charge in [-0.1, -0.05) is 0 Å². The van der Waals surface area contributed by atoms with Gasteiger partial charge >= 0.3 is 0 Å². The molecule has 2 heterocycles. The van der Waals surface area contributed by atoms with Crippen LogP contribution in [0, 0.1) is 0 Å². The third-order valence-corrected chi connectivity index (χ3v) is 2.28. The summed E-state index contributed by atoms with van der Waals surface area (Å²) in [6.07, 6.45) is 2.98. The number of pyridine rings is 1. The fourth-order valence-electron chi connectivity index (χ4n) is 1.51. The Labute approximate surface area is 87.9 Å². The number of imidazole rings is 1. The Kier molecular flexibility index (Phi) is 2.82. The van der Waals surface area contributed by atoms with E-state index in [1.165, 1.54) is 0 Å². The fourth-order valence-corrected chi connectivity index (χ4v) is 1.51. The van der Waals surface area contributed by atoms with E-state index >= 15 is 0 Å². The molecule has 0 aromatic carbocycles. The molecule has 0 saturated heterocycles. The first-order chi connectivity index (χ1) is 7.29. The van der Waals surface area contributed by atoms with Crippen LogP contribution in [0.3, 0.4) is 0 Å². The SMILES string of the molecule is NCCCCc1nc2nc(N)ccc2[nH]1. The second-order valence-corrected chi connectivity index (χ2v) is 3.54. The number of hydrogen-bond donors (Lipinski definition) is 3. The molecule has 0 aliphatic heterocycles. The average molecular weight is 205 g/mol. The van der Waals surface area contributed by atoms with Gasteiger partial charge in [-0.2, -0.15) is 0 Å². The molecule has 80 valence electrons. The zero-order valence-corrected chi connectivity index (χ0v) is 8.53. The van der Waals surface area contributed by atoms with E-state index < -0.39 is 0 Å². The minimum absolute atomic E-state index is 0.502. The molecule has 5 N–H and O–H groups in total. The Bertz CT molecular complexity index is 448. The molecule has 5 heteroatoms. The van der Waals surface area contributed by atoms with Crippen LogP contribution in [-0.4, -0.2) is 21.5 Å². The normalized spacial score (nSPS) is 11.0. The van der Waals surface area contributed by atoms with Crippen molar-refractivity contribution in [3.8, 4) is 0 Å². The van der Waals surface area contributed by atoms with Crippen molar-refractivity contribution in [2.45, 2.75) is 19.3 Å². The van der Waals surface area contributed by atoms with Crippen molar-refractivity contribution in [2.24, 2.45) is 5.73 Å². The van der Waals surface area contributed by atoms with Crippen LogP contribution in [0.1, 0.15) is 18.7 Å². The predicted molar refractivity (Wildman–Crippen MR) is 60.3 cm³/mol. The van der Waals surface area contributed by atoms with Crippen LogP contribution >= 0.6 is 0 Å². The number of rotatable bonds is 4. The van der Waals surface area contributed by atoms with Gasteiger partial charge in [0.2, 0.25) is 0 Å². The second kappa shape index (κ2) is 4.27. The standard InChI is InChI=1S/C10H15N5/c11-6-2-1-3-9-13-7-4-5-8(12)14-10(7)15-9/h4-5H,1-3,6,11H2,(H3,12,13,14,15). The summed E-state index contributed by atoms with van der Waals surface area (Å²) < 4.78 is 0. The van der Waals surface area contributed by atoms with E-state index in [-0.39, 0.29) is 0 Å². The van der Waals surface area contributed by atoms with Crippen molar-refractivity contribution >= 4 is 17.0 Å². The average Bonchev–Trinajstić information content (AvgIpc) is 2.60. The van der Waals surface area contributed by atoms with Crippen LogP contribution in [0.2, 0.25) is 0 Å². The first-order valence-corrected chi connectivity index (χ1v) is 5.11. The van der Waals surface area contributed by atoms with Gasteiger partial charge in [-0.15, -0.1) is 0 Å². The molecule has 15 heavy (non-hydrogen) atoms. The summed E-state index contributed by atoms with van der Waals surface area (Å²) in [6, 6.07) is 3.67. The molecule has 2 aromatic heterocycles. The number of anilines is 1. The molecule has 0 atom stereocenters. The van der Waals surface area contributed by atoms with Crippen LogP contribution in [-0.2, 0) is 6.42 Å². The fraction of sp³-hybridized carbons (Fsp3) is 0.400. The Hall–Kier alpha value is -1.62. The van der Waals surface area contributed by atoms with Crippen LogP contribution in [0.15, 0.2) is 12.1 Å². The Balaban J connectivity index is 2.16. The number of unbranched alkanes of at least 4 members (excludes halogenated alkanes) is 1. The van der Waals surface area contributed by atoms with Gasteiger partial charge in [0.25, 0.3) is 0 Å². The maximum Gasteiger partial charge on any atom is 0.179 e. The van der Waals surface area contributed by atoms with Crippen LogP contribution in [0.5, 0.6) is 0 Å². The number of nitrogens with one attached hydrogen (secondary N) is 1. The number of aromatic nitrogens is 3. The lowest BCUT2D eigenvalue weighted by Gasteiger charge is -1.93. The summed E-state index contributed by atoms with van der Waals surface area (Å²) in [4.78, 5) is 11.7. The van der Waals surface area contributed by atoms with E-state index in [4.69, 9.17) is 11.5 Å². The van der Waals surface area contributed by atoms with Crippen molar-refractivity contribution in [2.75, 3.05) is 12.3 Å². The maximum absolute atomic E-state index is 5.57. The third kappa shape index (κ3) is 2.24. The van der Waals surface area contributed by atoms with Gasteiger partial charge in [0.1, 0.15) is 11.6 Å². The minimum Gasteiger partial charge on any atom is -0.384 e. The Morgan fingerprint density at radius 2 is 2.07 bits per heavy atom. The van der Waals surface area contributed by atoms with E-state index in [2.05, 4.69) is 15.0 Å². The molecule has 0 aliphatic rings. The number of nitrogens with two attached hydrogens (primary N) is 2. The quantitative estimate of drug-likeness (QED) is 0.644. The van der Waals surface area contributed by atoms with Crippen molar-refractivity contribution in [1.82, 2.24) is 15.0 Å². The van der Waals surface area contributed by atoms with Gasteiger partial charge in [0.15, 0.2) is 5.65 Å². The monoisotopic (exact) mass is 205 g/mol. The van der Waals surface area contributed by atoms with E-state index in [0.29, 0.717) is 11.5 Å². The van der Waals surface area contributed by atoms with E-state index in [9.17, 15) is 0 Å². The van der Waals surface area contributed by atoms with Gasteiger partial charge in [0.05, 0.1) is 5.52 Å². The lowest BCUT2D eigenvalue weighted by molar-refractivity contribution is 0.724. The van der Waals surface area contributed by atoms with Gasteiger partial charge in [-0.3, -0.25) is 0 Å². The summed E-state index contributed by atoms with van der Waals surface area (Å²) in [7, 11) is 0. The maximum atomic E-state index is 5.57. The number of nitrogen functional groups attached to an aromatic ring is 1. The zero-order valence-electron chi connectivity index (χ0n) is 8.53. The number of aromatic amines is 1. The van der Waals surface area contributed by atoms with Crippen molar-refractivity contribution in [3.05, 3.63) is 18.0 Å². The van der Waals surface area contributed by atoms with Gasteiger partial charge in [-0.05, 0) is 31.5 Å². The number of aryl methyl sites for hydroxylation is 1. The summed E-state index contributed by atoms with van der Waals surface area (Å²) in [6.45, 7) is 0.728. The summed E-state index contributed by atoms with van der Waals surface area (Å²) in [5, 5.41) is 0. The smallest absolute Gasteiger partial charge is 0.179 e. The lowest BCUT2D eigenvalue weighted by atomic mass is 10.2. The largest absolute Gasteiger partial charge is 0.384 e. The van der Waals surface area contributed by atoms with Crippen LogP contribution < -0.4 is 11.5 Å². The third-order valence-electron chi connectivity index (χ3n) is 2.28. The summed E-state index contributed by atoms with van der Waals surface area (Å²) >= 11 is 0. The Morgan fingerprint density at radius 1 is 1.20 bits per heavy atom. The second-order valence-electron chi connectivity index (χ2n) is 3.54. The lowest BCUT2D eigenvalue weighted by Crippen LogP contribution is -1.99. The molecule has 0 bridgehead atoms. The highest BCUT2D eigenvalue weighted by atomic mass is 15.0. The van der Waals surface area contributed by atoms with E-state index in [0.717, 1.165) is 37.1 Å². The van der Waals surface area contributed by atoms with Gasteiger partial charge in [0, 0.05) is 6.42 Å². The molecule has 2 rings (SSSR count). The van der Waals surface area contributed by atoms with Gasteiger partial charge in [-0.25, -0.2) is 9.97 Å². The number of nitrogens with zero attached hydrogens (tertiary/aromatic N) is 2. The molecule has 0 saturated carbocycles. The highest BCUT2D eigenvalue weighted by Gasteiger charge is 2.03. The summed E-state index contributed by atoms with van der Waals surface area (Å²) in [5.74, 6) is 1.46. The van der Waals surface area contributed by atoms with E-state index in [1.807, 2.05) is 6.07 Å². The highest BCUT2D eigenvalue weighted by Crippen LogP contribution is 2.12. The van der Waals surface area contributed by atoms with Gasteiger partial charge < -0.3 is 16.5 Å². The number of H-pyrrole nitrogens is 1.